The summed E-state index contributed by atoms with van der Waals surface area (Å²) in [6, 6.07) is 15.9. The van der Waals surface area contributed by atoms with Gasteiger partial charge in [-0.1, -0.05) is 24.3 Å². The van der Waals surface area contributed by atoms with Crippen molar-refractivity contribution in [1.82, 2.24) is 14.9 Å². The number of hydrazone groups is 1. The van der Waals surface area contributed by atoms with Crippen molar-refractivity contribution >= 4 is 40.5 Å². The highest BCUT2D eigenvalue weighted by molar-refractivity contribution is 6.14. The highest BCUT2D eigenvalue weighted by atomic mass is 16.1. The van der Waals surface area contributed by atoms with Gasteiger partial charge in [-0.05, 0) is 62.1 Å². The number of aliphatic imine (C=N–C) groups is 1. The average molecular weight is 481 g/mol. The van der Waals surface area contributed by atoms with Gasteiger partial charge in [0.2, 0.25) is 0 Å². The second-order valence-corrected chi connectivity index (χ2v) is 9.79. The van der Waals surface area contributed by atoms with Crippen molar-refractivity contribution in [2.24, 2.45) is 23.1 Å². The van der Waals surface area contributed by atoms with Gasteiger partial charge in [0.25, 0.3) is 5.91 Å². The molecule has 1 amide bonds. The van der Waals surface area contributed by atoms with Crippen LogP contribution >= 0.6 is 0 Å². The van der Waals surface area contributed by atoms with Gasteiger partial charge in [-0.3, -0.25) is 14.6 Å². The minimum Gasteiger partial charge on any atom is -0.349 e. The molecule has 1 aliphatic carbocycles. The predicted molar refractivity (Wildman–Crippen MR) is 141 cm³/mol. The fourth-order valence-corrected chi connectivity index (χ4v) is 4.99. The molecule has 182 valence electrons. The lowest BCUT2D eigenvalue weighted by molar-refractivity contribution is 0.0923. The summed E-state index contributed by atoms with van der Waals surface area (Å²) in [7, 11) is 1.93. The van der Waals surface area contributed by atoms with E-state index >= 15 is 0 Å². The number of para-hydroxylation sites is 1. The molecule has 2 aliphatic heterocycles. The molecule has 8 nitrogen and oxygen atoms in total. The van der Waals surface area contributed by atoms with Crippen LogP contribution in [0.1, 0.15) is 46.2 Å². The summed E-state index contributed by atoms with van der Waals surface area (Å²) in [6.07, 6.45) is 3.59. The Bertz CT molecular complexity index is 1510. The van der Waals surface area contributed by atoms with Crippen LogP contribution in [0, 0.1) is 12.8 Å². The van der Waals surface area contributed by atoms with Crippen LogP contribution in [0.3, 0.4) is 0 Å². The number of benzene rings is 2. The quantitative estimate of drug-likeness (QED) is 0.535. The fourth-order valence-electron chi connectivity index (χ4n) is 4.99. The molecule has 0 bridgehead atoms. The zero-order valence-electron chi connectivity index (χ0n) is 20.6. The van der Waals surface area contributed by atoms with E-state index in [9.17, 15) is 9.59 Å². The molecule has 36 heavy (non-hydrogen) atoms. The second-order valence-electron chi connectivity index (χ2n) is 9.79. The molecule has 1 unspecified atom stereocenters. The number of Topliss-reactive ketones (excluding diaryl/α,β-unsaturated/α-hetero) is 1. The zero-order valence-corrected chi connectivity index (χ0v) is 20.6. The number of nitrogens with zero attached hydrogens (tertiary/aromatic N) is 4. The lowest BCUT2D eigenvalue weighted by Crippen LogP contribution is -2.30. The number of rotatable bonds is 5. The van der Waals surface area contributed by atoms with Gasteiger partial charge in [-0.2, -0.15) is 5.10 Å². The van der Waals surface area contributed by atoms with Crippen molar-refractivity contribution in [2.75, 3.05) is 11.9 Å². The molecule has 1 aromatic heterocycles. The number of hydrogen-bond donors (Lipinski definition) is 2. The maximum Gasteiger partial charge on any atom is 0.251 e. The number of aromatic nitrogens is 1. The summed E-state index contributed by atoms with van der Waals surface area (Å²) < 4.78 is 1.96. The molecule has 0 saturated heterocycles. The van der Waals surface area contributed by atoms with Crippen molar-refractivity contribution in [1.29, 1.82) is 0 Å². The fraction of sp³-hybridized carbons (Fsp3) is 0.286. The van der Waals surface area contributed by atoms with Crippen LogP contribution in [0.2, 0.25) is 0 Å². The molecule has 6 rings (SSSR count). The Morgan fingerprint density at radius 1 is 1.06 bits per heavy atom. The molecular weight excluding hydrogens is 452 g/mol. The van der Waals surface area contributed by atoms with Gasteiger partial charge >= 0.3 is 0 Å². The Hall–Kier alpha value is -4.20. The number of amidine groups is 1. The first kappa shape index (κ1) is 22.3. The van der Waals surface area contributed by atoms with E-state index in [1.807, 2.05) is 79.0 Å². The SMILES string of the molecule is CC1=C2C(Nc3cc(C(=O)NC4CC4)ccc3C)=NC=NN2CC1C(=O)c1cc2ccccc2n1C. The molecule has 8 heteroatoms. The first-order valence-electron chi connectivity index (χ1n) is 12.3. The van der Waals surface area contributed by atoms with E-state index in [2.05, 4.69) is 20.7 Å². The van der Waals surface area contributed by atoms with Crippen LogP contribution < -0.4 is 10.6 Å². The molecule has 0 radical (unpaired) electrons. The maximum absolute atomic E-state index is 13.7. The first-order valence-corrected chi connectivity index (χ1v) is 12.3. The number of carbonyl (C=O) groups excluding carboxylic acids is 2. The third-order valence-corrected chi connectivity index (χ3v) is 7.30. The first-order chi connectivity index (χ1) is 17.4. The van der Waals surface area contributed by atoms with Gasteiger partial charge in [0.05, 0.1) is 18.2 Å². The van der Waals surface area contributed by atoms with Gasteiger partial charge in [0.15, 0.2) is 11.6 Å². The van der Waals surface area contributed by atoms with Gasteiger partial charge in [-0.25, -0.2) is 4.99 Å². The largest absolute Gasteiger partial charge is 0.349 e. The summed E-state index contributed by atoms with van der Waals surface area (Å²) in [6.45, 7) is 4.43. The molecule has 3 aromatic rings. The molecule has 3 aliphatic rings. The predicted octanol–water partition coefficient (Wildman–Crippen LogP) is 4.23. The number of amides is 1. The van der Waals surface area contributed by atoms with E-state index in [1.54, 1.807) is 0 Å². The van der Waals surface area contributed by atoms with E-state index in [-0.39, 0.29) is 17.6 Å². The summed E-state index contributed by atoms with van der Waals surface area (Å²) in [5.74, 6) is 0.295. The number of carbonyl (C=O) groups is 2. The van der Waals surface area contributed by atoms with Crippen molar-refractivity contribution in [3.05, 3.63) is 76.6 Å². The number of aryl methyl sites for hydroxylation is 2. The number of nitrogens with one attached hydrogen (secondary N) is 2. The van der Waals surface area contributed by atoms with Crippen LogP contribution in [-0.2, 0) is 7.05 Å². The van der Waals surface area contributed by atoms with Crippen LogP contribution in [0.4, 0.5) is 5.69 Å². The summed E-state index contributed by atoms with van der Waals surface area (Å²) >= 11 is 0. The van der Waals surface area contributed by atoms with Gasteiger partial charge in [0, 0.05) is 35.2 Å². The van der Waals surface area contributed by atoms with Gasteiger partial charge in [0.1, 0.15) is 12.0 Å². The van der Waals surface area contributed by atoms with E-state index < -0.39 is 0 Å². The molecule has 0 spiro atoms. The Labute approximate surface area is 209 Å². The van der Waals surface area contributed by atoms with Crippen LogP contribution in [0.15, 0.2) is 69.9 Å². The van der Waals surface area contributed by atoms with Crippen molar-refractivity contribution in [3.63, 3.8) is 0 Å². The topological polar surface area (TPSA) is 91.1 Å². The number of hydrogen-bond acceptors (Lipinski definition) is 6. The van der Waals surface area contributed by atoms with Gasteiger partial charge in [-0.15, -0.1) is 0 Å². The van der Waals surface area contributed by atoms with Crippen LogP contribution in [0.25, 0.3) is 10.9 Å². The Morgan fingerprint density at radius 2 is 1.86 bits per heavy atom. The highest BCUT2D eigenvalue weighted by Gasteiger charge is 2.38. The van der Waals surface area contributed by atoms with E-state index in [0.717, 1.165) is 46.3 Å². The van der Waals surface area contributed by atoms with Crippen molar-refractivity contribution < 1.29 is 9.59 Å². The van der Waals surface area contributed by atoms with Crippen molar-refractivity contribution in [3.8, 4) is 0 Å². The molecule has 2 N–H and O–H groups in total. The standard InChI is InChI=1S/C28H28N6O2/c1-16-8-9-19(28(36)31-20-10-11-20)12-22(16)32-27-25-17(2)21(14-34(25)30-15-29-27)26(35)24-13-18-6-4-5-7-23(18)33(24)3/h4-9,12-13,15,20-21H,10-11,14H2,1-3H3,(H,31,36)(H,29,30,32). The van der Waals surface area contributed by atoms with Crippen LogP contribution in [0.5, 0.6) is 0 Å². The lowest BCUT2D eigenvalue weighted by atomic mass is 9.95. The monoisotopic (exact) mass is 480 g/mol. The molecule has 1 fully saturated rings. The third kappa shape index (κ3) is 3.79. The number of fused-ring (bicyclic) bond motifs is 2. The Balaban J connectivity index is 1.29. The summed E-state index contributed by atoms with van der Waals surface area (Å²) in [5, 5.41) is 13.8. The van der Waals surface area contributed by atoms with Gasteiger partial charge < -0.3 is 15.2 Å². The zero-order chi connectivity index (χ0) is 25.0. The average Bonchev–Trinajstić information content (AvgIpc) is 3.54. The van der Waals surface area contributed by atoms with E-state index in [0.29, 0.717) is 29.7 Å². The minimum absolute atomic E-state index is 0.0637. The molecule has 1 saturated carbocycles. The number of ketones is 1. The van der Waals surface area contributed by atoms with Crippen LogP contribution in [-0.4, -0.2) is 46.0 Å². The molecule has 2 aromatic carbocycles. The Morgan fingerprint density at radius 3 is 2.64 bits per heavy atom. The normalized spacial score (nSPS) is 18.9. The Kier molecular flexibility index (Phi) is 5.25. The van der Waals surface area contributed by atoms with E-state index in [4.69, 9.17) is 0 Å². The maximum atomic E-state index is 13.7. The lowest BCUT2D eigenvalue weighted by Gasteiger charge is -2.22. The van der Waals surface area contributed by atoms with Crippen molar-refractivity contribution in [2.45, 2.75) is 32.7 Å². The summed E-state index contributed by atoms with van der Waals surface area (Å²) in [5.41, 5.74) is 5.85. The molecule has 3 heterocycles. The number of anilines is 1. The molecular formula is C28H28N6O2. The second kappa shape index (κ2) is 8.48. The minimum atomic E-state index is -0.331. The highest BCUT2D eigenvalue weighted by Crippen LogP contribution is 2.34. The smallest absolute Gasteiger partial charge is 0.251 e. The third-order valence-electron chi connectivity index (χ3n) is 7.30. The molecule has 1 atom stereocenters. The summed E-state index contributed by atoms with van der Waals surface area (Å²) in [4.78, 5) is 30.8. The van der Waals surface area contributed by atoms with E-state index in [1.165, 1.54) is 6.34 Å².